The van der Waals surface area contributed by atoms with Gasteiger partial charge in [0.05, 0.1) is 0 Å². The second-order valence-corrected chi connectivity index (χ2v) is 6.38. The maximum atomic E-state index is 12.2. The molecular weight excluding hydrogens is 391 g/mol. The molecule has 1 aromatic carbocycles. The molecule has 8 nitrogen and oxygen atoms in total. The smallest absolute Gasteiger partial charge is 0.249 e. The first-order valence-corrected chi connectivity index (χ1v) is 8.34. The number of nitrogens with zero attached hydrogens (tertiary/aromatic N) is 3. The second-order valence-electron chi connectivity index (χ2n) is 6.38. The summed E-state index contributed by atoms with van der Waals surface area (Å²) in [4.78, 5) is 28.2. The van der Waals surface area contributed by atoms with Gasteiger partial charge in [-0.1, -0.05) is 0 Å². The molecule has 1 aliphatic rings. The molecule has 1 aliphatic carbocycles. The standard InChI is InChI=1S/C17H22N6O2.2ClH/c1-11(23-10-19-9-20-23)16(24)21-14-4-6-15(7-5-14)22-17(25)12-2-3-13(18)8-12;;/h4-7,9-13H,2-3,8,18H2,1H3,(H,21,24)(H,22,25);2*1H. The van der Waals surface area contributed by atoms with Crippen LogP contribution in [-0.2, 0) is 9.59 Å². The van der Waals surface area contributed by atoms with Gasteiger partial charge in [-0.15, -0.1) is 24.8 Å². The molecule has 0 saturated heterocycles. The van der Waals surface area contributed by atoms with Crippen molar-refractivity contribution in [1.29, 1.82) is 0 Å². The lowest BCUT2D eigenvalue weighted by Gasteiger charge is -2.13. The molecule has 0 spiro atoms. The highest BCUT2D eigenvalue weighted by Crippen LogP contribution is 2.25. The van der Waals surface area contributed by atoms with Crippen LogP contribution in [0.2, 0.25) is 0 Å². The Kier molecular flexibility index (Phi) is 8.68. The molecule has 1 fully saturated rings. The quantitative estimate of drug-likeness (QED) is 0.694. The van der Waals surface area contributed by atoms with Crippen LogP contribution in [0, 0.1) is 5.92 Å². The Bertz CT molecular complexity index is 738. The molecule has 27 heavy (non-hydrogen) atoms. The third-order valence-electron chi connectivity index (χ3n) is 4.48. The molecule has 3 unspecified atom stereocenters. The number of anilines is 2. The van der Waals surface area contributed by atoms with Crippen LogP contribution in [0.25, 0.3) is 0 Å². The molecule has 3 rings (SSSR count). The lowest BCUT2D eigenvalue weighted by atomic mass is 10.1. The van der Waals surface area contributed by atoms with Gasteiger partial charge in [0.25, 0.3) is 0 Å². The summed E-state index contributed by atoms with van der Waals surface area (Å²) in [5.74, 6) is -0.204. The molecule has 1 heterocycles. The SMILES string of the molecule is CC(C(=O)Nc1ccc(NC(=O)C2CCC(N)C2)cc1)n1cncn1.Cl.Cl. The highest BCUT2D eigenvalue weighted by atomic mass is 35.5. The fraction of sp³-hybridized carbons (Fsp3) is 0.412. The van der Waals surface area contributed by atoms with Gasteiger partial charge in [0.1, 0.15) is 18.7 Å². The molecule has 0 aliphatic heterocycles. The highest BCUT2D eigenvalue weighted by Gasteiger charge is 2.27. The number of hydrogen-bond acceptors (Lipinski definition) is 5. The fourth-order valence-electron chi connectivity index (χ4n) is 2.92. The van der Waals surface area contributed by atoms with E-state index in [1.807, 2.05) is 0 Å². The number of aromatic nitrogens is 3. The summed E-state index contributed by atoms with van der Waals surface area (Å²) in [6.07, 6.45) is 5.35. The van der Waals surface area contributed by atoms with E-state index in [-0.39, 0.29) is 48.6 Å². The number of hydrogen-bond donors (Lipinski definition) is 3. The summed E-state index contributed by atoms with van der Waals surface area (Å²) < 4.78 is 1.48. The summed E-state index contributed by atoms with van der Waals surface area (Å²) in [6.45, 7) is 1.74. The van der Waals surface area contributed by atoms with Crippen molar-refractivity contribution >= 4 is 48.0 Å². The molecule has 3 atom stereocenters. The van der Waals surface area contributed by atoms with E-state index >= 15 is 0 Å². The van der Waals surface area contributed by atoms with Crippen LogP contribution in [0.4, 0.5) is 11.4 Å². The van der Waals surface area contributed by atoms with Crippen LogP contribution in [-0.4, -0.2) is 32.6 Å². The van der Waals surface area contributed by atoms with Crippen molar-refractivity contribution < 1.29 is 9.59 Å². The van der Waals surface area contributed by atoms with E-state index in [0.717, 1.165) is 19.3 Å². The Morgan fingerprint density at radius 2 is 1.78 bits per heavy atom. The van der Waals surface area contributed by atoms with Crippen LogP contribution in [0.3, 0.4) is 0 Å². The predicted molar refractivity (Wildman–Crippen MR) is 108 cm³/mol. The lowest BCUT2D eigenvalue weighted by Crippen LogP contribution is -2.24. The summed E-state index contributed by atoms with van der Waals surface area (Å²) >= 11 is 0. The number of rotatable bonds is 5. The van der Waals surface area contributed by atoms with E-state index < -0.39 is 6.04 Å². The third-order valence-corrected chi connectivity index (χ3v) is 4.48. The van der Waals surface area contributed by atoms with Crippen LogP contribution >= 0.6 is 24.8 Å². The van der Waals surface area contributed by atoms with Crippen molar-refractivity contribution in [3.05, 3.63) is 36.9 Å². The zero-order chi connectivity index (χ0) is 17.8. The van der Waals surface area contributed by atoms with Crippen molar-refractivity contribution in [2.75, 3.05) is 10.6 Å². The molecule has 0 bridgehead atoms. The number of halogens is 2. The highest BCUT2D eigenvalue weighted by molar-refractivity contribution is 5.95. The van der Waals surface area contributed by atoms with Crippen LogP contribution in [0.15, 0.2) is 36.9 Å². The molecular formula is C17H24Cl2N6O2. The molecule has 2 amide bonds. The average Bonchev–Trinajstić information content (AvgIpc) is 3.27. The van der Waals surface area contributed by atoms with Gasteiger partial charge < -0.3 is 16.4 Å². The van der Waals surface area contributed by atoms with Gasteiger partial charge in [-0.3, -0.25) is 9.59 Å². The molecule has 10 heteroatoms. The largest absolute Gasteiger partial charge is 0.328 e. The zero-order valence-electron chi connectivity index (χ0n) is 14.9. The average molecular weight is 415 g/mol. The van der Waals surface area contributed by atoms with Gasteiger partial charge in [-0.25, -0.2) is 9.67 Å². The van der Waals surface area contributed by atoms with Gasteiger partial charge >= 0.3 is 0 Å². The van der Waals surface area contributed by atoms with Gasteiger partial charge in [0, 0.05) is 23.3 Å². The van der Waals surface area contributed by atoms with E-state index in [4.69, 9.17) is 5.73 Å². The fourth-order valence-corrected chi connectivity index (χ4v) is 2.92. The van der Waals surface area contributed by atoms with Gasteiger partial charge in [0.15, 0.2) is 0 Å². The van der Waals surface area contributed by atoms with E-state index in [2.05, 4.69) is 20.7 Å². The van der Waals surface area contributed by atoms with Crippen molar-refractivity contribution in [2.45, 2.75) is 38.3 Å². The first kappa shape index (κ1) is 22.9. The van der Waals surface area contributed by atoms with E-state index in [9.17, 15) is 9.59 Å². The topological polar surface area (TPSA) is 115 Å². The first-order valence-electron chi connectivity index (χ1n) is 8.34. The maximum Gasteiger partial charge on any atom is 0.249 e. The van der Waals surface area contributed by atoms with Crippen LogP contribution in [0.5, 0.6) is 0 Å². The molecule has 2 aromatic rings. The number of nitrogens with one attached hydrogen (secondary N) is 2. The normalized spacial score (nSPS) is 19.3. The molecule has 4 N–H and O–H groups in total. The Labute approximate surface area is 170 Å². The Morgan fingerprint density at radius 3 is 2.30 bits per heavy atom. The van der Waals surface area contributed by atoms with Gasteiger partial charge in [0.2, 0.25) is 11.8 Å². The van der Waals surface area contributed by atoms with Gasteiger partial charge in [-0.05, 0) is 50.5 Å². The summed E-state index contributed by atoms with van der Waals surface area (Å²) in [6, 6.07) is 6.70. The number of benzene rings is 1. The molecule has 1 aromatic heterocycles. The number of carbonyl (C=O) groups excluding carboxylic acids is 2. The Morgan fingerprint density at radius 1 is 1.15 bits per heavy atom. The monoisotopic (exact) mass is 414 g/mol. The van der Waals surface area contributed by atoms with E-state index in [1.54, 1.807) is 31.2 Å². The van der Waals surface area contributed by atoms with Gasteiger partial charge in [-0.2, -0.15) is 5.10 Å². The number of amides is 2. The number of carbonyl (C=O) groups is 2. The summed E-state index contributed by atoms with van der Waals surface area (Å²) in [5, 5.41) is 9.67. The third kappa shape index (κ3) is 5.92. The Hall–Kier alpha value is -2.16. The number of nitrogens with two attached hydrogens (primary N) is 1. The summed E-state index contributed by atoms with van der Waals surface area (Å²) in [7, 11) is 0. The molecule has 148 valence electrons. The van der Waals surface area contributed by atoms with Crippen molar-refractivity contribution in [1.82, 2.24) is 14.8 Å². The lowest BCUT2D eigenvalue weighted by molar-refractivity contribution is -0.120. The van der Waals surface area contributed by atoms with E-state index in [1.165, 1.54) is 17.3 Å². The second kappa shape index (κ2) is 10.2. The Balaban J connectivity index is 0.00000182. The zero-order valence-corrected chi connectivity index (χ0v) is 16.5. The minimum Gasteiger partial charge on any atom is -0.328 e. The predicted octanol–water partition coefficient (Wildman–Crippen LogP) is 2.39. The van der Waals surface area contributed by atoms with E-state index in [0.29, 0.717) is 11.4 Å². The first-order chi connectivity index (χ1) is 12.0. The minimum atomic E-state index is -0.464. The molecule has 0 radical (unpaired) electrons. The summed E-state index contributed by atoms with van der Waals surface area (Å²) in [5.41, 5.74) is 7.20. The van der Waals surface area contributed by atoms with Crippen molar-refractivity contribution in [2.24, 2.45) is 11.7 Å². The van der Waals surface area contributed by atoms with Crippen molar-refractivity contribution in [3.8, 4) is 0 Å². The molecule has 1 saturated carbocycles. The van der Waals surface area contributed by atoms with Crippen molar-refractivity contribution in [3.63, 3.8) is 0 Å². The maximum absolute atomic E-state index is 12.2. The van der Waals surface area contributed by atoms with Crippen LogP contribution in [0.1, 0.15) is 32.2 Å². The van der Waals surface area contributed by atoms with Crippen LogP contribution < -0.4 is 16.4 Å². The minimum absolute atomic E-state index is 0.